The smallest absolute Gasteiger partial charge is 0.0170 e. The lowest BCUT2D eigenvalue weighted by Crippen LogP contribution is -2.32. The van der Waals surface area contributed by atoms with E-state index in [1.807, 2.05) is 11.8 Å². The van der Waals surface area contributed by atoms with E-state index >= 15 is 0 Å². The molecule has 0 radical (unpaired) electrons. The molecule has 0 spiro atoms. The first-order valence-electron chi connectivity index (χ1n) is 6.42. The number of nitrogens with one attached hydrogen (secondary N) is 2. The van der Waals surface area contributed by atoms with Crippen LogP contribution in [-0.4, -0.2) is 31.9 Å². The van der Waals surface area contributed by atoms with E-state index in [-0.39, 0.29) is 0 Å². The van der Waals surface area contributed by atoms with Crippen molar-refractivity contribution in [3.8, 4) is 0 Å². The molecule has 0 unspecified atom stereocenters. The summed E-state index contributed by atoms with van der Waals surface area (Å²) in [7, 11) is 2.05. The second-order valence-electron chi connectivity index (χ2n) is 4.15. The van der Waals surface area contributed by atoms with Crippen molar-refractivity contribution in [2.24, 2.45) is 0 Å². The molecule has 1 atom stereocenters. The summed E-state index contributed by atoms with van der Waals surface area (Å²) in [6, 6.07) is 11.2. The van der Waals surface area contributed by atoms with Gasteiger partial charge in [-0.3, -0.25) is 0 Å². The lowest BCUT2D eigenvalue weighted by atomic mass is 10.2. The van der Waals surface area contributed by atoms with E-state index in [0.29, 0.717) is 6.04 Å². The van der Waals surface area contributed by atoms with Crippen molar-refractivity contribution in [1.82, 2.24) is 10.6 Å². The standard InChI is InChI=1S/C14H24N2S/c1-3-10-16-11-9-13(15-2)12-17-14-7-5-4-6-8-14/h4-8,13,15-16H,3,9-12H2,1-2H3/t13-/m1/s1. The van der Waals surface area contributed by atoms with Crippen LogP contribution in [0.15, 0.2) is 35.2 Å². The fourth-order valence-electron chi connectivity index (χ4n) is 1.60. The molecule has 1 aromatic carbocycles. The largest absolute Gasteiger partial charge is 0.317 e. The Morgan fingerprint density at radius 2 is 1.94 bits per heavy atom. The summed E-state index contributed by atoms with van der Waals surface area (Å²) in [5.74, 6) is 1.13. The molecular weight excluding hydrogens is 228 g/mol. The third-order valence-corrected chi connectivity index (χ3v) is 3.87. The normalized spacial score (nSPS) is 12.6. The van der Waals surface area contributed by atoms with Crippen LogP contribution in [0.1, 0.15) is 19.8 Å². The van der Waals surface area contributed by atoms with Crippen LogP contribution < -0.4 is 10.6 Å². The van der Waals surface area contributed by atoms with Crippen LogP contribution in [0.25, 0.3) is 0 Å². The molecule has 0 aliphatic heterocycles. The summed E-state index contributed by atoms with van der Waals surface area (Å²) in [6.07, 6.45) is 2.40. The molecule has 0 heterocycles. The second kappa shape index (κ2) is 9.51. The van der Waals surface area contributed by atoms with E-state index < -0.39 is 0 Å². The number of benzene rings is 1. The number of thioether (sulfide) groups is 1. The minimum atomic E-state index is 0.588. The van der Waals surface area contributed by atoms with Crippen LogP contribution in [0, 0.1) is 0 Å². The molecule has 0 aliphatic rings. The zero-order valence-corrected chi connectivity index (χ0v) is 11.7. The van der Waals surface area contributed by atoms with Crippen molar-refractivity contribution in [1.29, 1.82) is 0 Å². The fraction of sp³-hybridized carbons (Fsp3) is 0.571. The molecule has 0 saturated heterocycles. The molecule has 96 valence electrons. The maximum Gasteiger partial charge on any atom is 0.0170 e. The highest BCUT2D eigenvalue weighted by Crippen LogP contribution is 2.18. The van der Waals surface area contributed by atoms with Crippen molar-refractivity contribution in [3.63, 3.8) is 0 Å². The molecule has 0 aliphatic carbocycles. The second-order valence-corrected chi connectivity index (χ2v) is 5.24. The first-order valence-corrected chi connectivity index (χ1v) is 7.41. The summed E-state index contributed by atoms with van der Waals surface area (Å²) >= 11 is 1.93. The van der Waals surface area contributed by atoms with Crippen molar-refractivity contribution < 1.29 is 0 Å². The fourth-order valence-corrected chi connectivity index (χ4v) is 2.68. The first-order chi connectivity index (χ1) is 8.36. The highest BCUT2D eigenvalue weighted by Gasteiger charge is 2.05. The molecule has 0 aromatic heterocycles. The van der Waals surface area contributed by atoms with E-state index in [1.165, 1.54) is 17.7 Å². The Balaban J connectivity index is 2.18. The topological polar surface area (TPSA) is 24.1 Å². The van der Waals surface area contributed by atoms with Gasteiger partial charge in [-0.15, -0.1) is 11.8 Å². The average molecular weight is 252 g/mol. The molecule has 0 fully saturated rings. The van der Waals surface area contributed by atoms with Crippen LogP contribution in [0.4, 0.5) is 0 Å². The minimum Gasteiger partial charge on any atom is -0.317 e. The monoisotopic (exact) mass is 252 g/mol. The number of rotatable bonds is 9. The molecule has 1 aromatic rings. The zero-order chi connectivity index (χ0) is 12.3. The molecule has 3 heteroatoms. The first kappa shape index (κ1) is 14.6. The van der Waals surface area contributed by atoms with Gasteiger partial charge in [0, 0.05) is 16.7 Å². The van der Waals surface area contributed by atoms with Gasteiger partial charge in [0.1, 0.15) is 0 Å². The third kappa shape index (κ3) is 6.71. The van der Waals surface area contributed by atoms with Crippen molar-refractivity contribution in [2.75, 3.05) is 25.9 Å². The average Bonchev–Trinajstić information content (AvgIpc) is 2.39. The van der Waals surface area contributed by atoms with Gasteiger partial charge < -0.3 is 10.6 Å². The Hall–Kier alpha value is -0.510. The van der Waals surface area contributed by atoms with Gasteiger partial charge in [0.15, 0.2) is 0 Å². The van der Waals surface area contributed by atoms with E-state index in [4.69, 9.17) is 0 Å². The van der Waals surface area contributed by atoms with Gasteiger partial charge in [0.2, 0.25) is 0 Å². The Bertz CT molecular complexity index is 277. The van der Waals surface area contributed by atoms with E-state index in [0.717, 1.165) is 18.8 Å². The highest BCUT2D eigenvalue weighted by molar-refractivity contribution is 7.99. The van der Waals surface area contributed by atoms with Crippen LogP contribution >= 0.6 is 11.8 Å². The van der Waals surface area contributed by atoms with E-state index in [2.05, 4.69) is 54.9 Å². The molecular formula is C14H24N2S. The van der Waals surface area contributed by atoms with Crippen LogP contribution in [0.5, 0.6) is 0 Å². The van der Waals surface area contributed by atoms with Crippen molar-refractivity contribution in [2.45, 2.75) is 30.7 Å². The van der Waals surface area contributed by atoms with Crippen molar-refractivity contribution >= 4 is 11.8 Å². The molecule has 0 bridgehead atoms. The van der Waals surface area contributed by atoms with Crippen LogP contribution in [0.2, 0.25) is 0 Å². The van der Waals surface area contributed by atoms with Crippen LogP contribution in [0.3, 0.4) is 0 Å². The molecule has 0 saturated carbocycles. The van der Waals surface area contributed by atoms with Gasteiger partial charge in [-0.05, 0) is 45.1 Å². The Kier molecular flexibility index (Phi) is 8.14. The quantitative estimate of drug-likeness (QED) is 0.522. The third-order valence-electron chi connectivity index (χ3n) is 2.70. The summed E-state index contributed by atoms with van der Waals surface area (Å²) < 4.78 is 0. The number of hydrogen-bond donors (Lipinski definition) is 2. The Morgan fingerprint density at radius 3 is 2.59 bits per heavy atom. The summed E-state index contributed by atoms with van der Waals surface area (Å²) in [5, 5.41) is 6.84. The summed E-state index contributed by atoms with van der Waals surface area (Å²) in [6.45, 7) is 4.44. The lowest BCUT2D eigenvalue weighted by molar-refractivity contribution is 0.534. The molecule has 0 amide bonds. The predicted octanol–water partition coefficient (Wildman–Crippen LogP) is 2.76. The lowest BCUT2D eigenvalue weighted by Gasteiger charge is -2.16. The van der Waals surface area contributed by atoms with Gasteiger partial charge in [-0.2, -0.15) is 0 Å². The van der Waals surface area contributed by atoms with Gasteiger partial charge in [-0.25, -0.2) is 0 Å². The van der Waals surface area contributed by atoms with E-state index in [9.17, 15) is 0 Å². The highest BCUT2D eigenvalue weighted by atomic mass is 32.2. The Morgan fingerprint density at radius 1 is 1.18 bits per heavy atom. The zero-order valence-electron chi connectivity index (χ0n) is 10.9. The summed E-state index contributed by atoms with van der Waals surface area (Å²) in [5.41, 5.74) is 0. The maximum atomic E-state index is 3.45. The summed E-state index contributed by atoms with van der Waals surface area (Å²) in [4.78, 5) is 1.36. The van der Waals surface area contributed by atoms with Crippen LogP contribution in [-0.2, 0) is 0 Å². The molecule has 2 nitrogen and oxygen atoms in total. The van der Waals surface area contributed by atoms with Gasteiger partial charge in [0.05, 0.1) is 0 Å². The van der Waals surface area contributed by atoms with Gasteiger partial charge >= 0.3 is 0 Å². The SMILES string of the molecule is CCCNCC[C@H](CSc1ccccc1)NC. The minimum absolute atomic E-state index is 0.588. The molecule has 17 heavy (non-hydrogen) atoms. The van der Waals surface area contributed by atoms with E-state index in [1.54, 1.807) is 0 Å². The molecule has 1 rings (SSSR count). The van der Waals surface area contributed by atoms with Gasteiger partial charge in [-0.1, -0.05) is 25.1 Å². The van der Waals surface area contributed by atoms with Crippen molar-refractivity contribution in [3.05, 3.63) is 30.3 Å². The predicted molar refractivity (Wildman–Crippen MR) is 77.8 cm³/mol. The number of hydrogen-bond acceptors (Lipinski definition) is 3. The maximum absolute atomic E-state index is 3.45. The van der Waals surface area contributed by atoms with Gasteiger partial charge in [0.25, 0.3) is 0 Å². The Labute approximate surface area is 110 Å². The molecule has 2 N–H and O–H groups in total.